The van der Waals surface area contributed by atoms with Crippen LogP contribution in [0, 0.1) is 0 Å². The zero-order valence-corrected chi connectivity index (χ0v) is 19.5. The maximum Gasteiger partial charge on any atom is 0.203 e. The van der Waals surface area contributed by atoms with Crippen molar-refractivity contribution in [2.24, 2.45) is 0 Å². The fourth-order valence-corrected chi connectivity index (χ4v) is 3.23. The number of carbonyl (C=O) groups excluding carboxylic acids is 1. The molecule has 2 N–H and O–H groups in total. The number of carbonyl (C=O) groups is 1. The number of ether oxygens (including phenoxy) is 4. The van der Waals surface area contributed by atoms with Gasteiger partial charge in [0.05, 0.1) is 28.4 Å². The highest BCUT2D eigenvalue weighted by atomic mass is 16.5. The van der Waals surface area contributed by atoms with Gasteiger partial charge in [0, 0.05) is 23.5 Å². The molecule has 0 fully saturated rings. The van der Waals surface area contributed by atoms with Gasteiger partial charge in [-0.15, -0.1) is 0 Å². The van der Waals surface area contributed by atoms with Crippen LogP contribution in [0.5, 0.6) is 28.7 Å². The lowest BCUT2D eigenvalue weighted by atomic mass is 10.1. The minimum absolute atomic E-state index is 0.0788. The maximum absolute atomic E-state index is 12.3. The van der Waals surface area contributed by atoms with Crippen molar-refractivity contribution in [3.8, 4) is 28.7 Å². The predicted octanol–water partition coefficient (Wildman–Crippen LogP) is 5.41. The van der Waals surface area contributed by atoms with E-state index in [4.69, 9.17) is 18.9 Å². The normalized spacial score (nSPS) is 10.9. The predicted molar refractivity (Wildman–Crippen MR) is 133 cm³/mol. The second-order valence-electron chi connectivity index (χ2n) is 7.14. The number of rotatable bonds is 10. The molecule has 0 heterocycles. The van der Waals surface area contributed by atoms with E-state index >= 15 is 0 Å². The quantitative estimate of drug-likeness (QED) is 0.237. The molecule has 0 saturated heterocycles. The van der Waals surface area contributed by atoms with Crippen molar-refractivity contribution in [2.45, 2.75) is 0 Å². The number of benzene rings is 3. The van der Waals surface area contributed by atoms with Gasteiger partial charge in [0.15, 0.2) is 28.8 Å². The van der Waals surface area contributed by atoms with Crippen LogP contribution in [0.2, 0.25) is 0 Å². The lowest BCUT2D eigenvalue weighted by Crippen LogP contribution is -1.97. The molecule has 0 aromatic heterocycles. The van der Waals surface area contributed by atoms with Gasteiger partial charge in [-0.05, 0) is 53.6 Å². The van der Waals surface area contributed by atoms with Gasteiger partial charge in [0.25, 0.3) is 0 Å². The second-order valence-corrected chi connectivity index (χ2v) is 7.14. The first kappa shape index (κ1) is 24.3. The highest BCUT2D eigenvalue weighted by Gasteiger charge is 2.12. The van der Waals surface area contributed by atoms with Crippen LogP contribution in [-0.2, 0) is 0 Å². The molecule has 0 aliphatic rings. The summed E-state index contributed by atoms with van der Waals surface area (Å²) < 4.78 is 21.1. The number of methoxy groups -OCH3 is 4. The highest BCUT2D eigenvalue weighted by molar-refractivity contribution is 6.05. The van der Waals surface area contributed by atoms with E-state index in [2.05, 4.69) is 5.32 Å². The third kappa shape index (κ3) is 5.89. The lowest BCUT2D eigenvalue weighted by Gasteiger charge is -2.12. The number of ketones is 1. The number of nitrogens with one attached hydrogen (secondary N) is 1. The summed E-state index contributed by atoms with van der Waals surface area (Å²) in [4.78, 5) is 12.3. The van der Waals surface area contributed by atoms with Crippen molar-refractivity contribution in [3.63, 3.8) is 0 Å². The molecule has 0 saturated carbocycles. The van der Waals surface area contributed by atoms with Gasteiger partial charge >= 0.3 is 0 Å². The molecule has 0 bridgehead atoms. The number of hydrogen-bond donors (Lipinski definition) is 2. The molecule has 3 aromatic carbocycles. The van der Waals surface area contributed by atoms with Gasteiger partial charge in [0.2, 0.25) is 5.75 Å². The molecular formula is C27H27NO6. The molecule has 0 aliphatic heterocycles. The SMILES string of the molecule is COc1ccc(C(=O)/C=C\Nc2ccc(/C=C\c3cc(OC)c(OC)c(OC)c3)cc2)cc1O. The second kappa shape index (κ2) is 11.5. The van der Waals surface area contributed by atoms with Gasteiger partial charge in [-0.25, -0.2) is 0 Å². The van der Waals surface area contributed by atoms with Gasteiger partial charge in [-0.3, -0.25) is 4.79 Å². The van der Waals surface area contributed by atoms with Crippen LogP contribution >= 0.6 is 0 Å². The van der Waals surface area contributed by atoms with E-state index in [0.29, 0.717) is 28.6 Å². The van der Waals surface area contributed by atoms with E-state index in [-0.39, 0.29) is 11.5 Å². The zero-order valence-electron chi connectivity index (χ0n) is 19.5. The summed E-state index contributed by atoms with van der Waals surface area (Å²) in [5.74, 6) is 1.73. The zero-order chi connectivity index (χ0) is 24.5. The van der Waals surface area contributed by atoms with Crippen molar-refractivity contribution >= 4 is 23.6 Å². The Labute approximate surface area is 198 Å². The minimum Gasteiger partial charge on any atom is -0.504 e. The number of phenols is 1. The molecule has 3 rings (SSSR count). The minimum atomic E-state index is -0.240. The standard InChI is InChI=1S/C27H27NO6/c1-31-24-12-9-20(17-23(24)30)22(29)13-14-28-21-10-7-18(8-11-21)5-6-19-15-25(32-2)27(34-4)26(16-19)33-3/h5-17,28,30H,1-4H3/b6-5-,14-13-. The number of phenolic OH excluding ortho intramolecular Hbond substituents is 1. The average molecular weight is 462 g/mol. The Morgan fingerprint density at radius 3 is 1.94 bits per heavy atom. The van der Waals surface area contributed by atoms with Crippen LogP contribution in [0.3, 0.4) is 0 Å². The van der Waals surface area contributed by atoms with E-state index in [1.54, 1.807) is 39.7 Å². The number of allylic oxidation sites excluding steroid dienone is 1. The van der Waals surface area contributed by atoms with Gasteiger partial charge in [-0.2, -0.15) is 0 Å². The number of hydrogen-bond acceptors (Lipinski definition) is 7. The van der Waals surface area contributed by atoms with Crippen molar-refractivity contribution in [2.75, 3.05) is 33.8 Å². The molecule has 0 radical (unpaired) electrons. The molecule has 0 aliphatic carbocycles. The molecule has 0 unspecified atom stereocenters. The van der Waals surface area contributed by atoms with E-state index < -0.39 is 0 Å². The number of anilines is 1. The molecule has 3 aromatic rings. The topological polar surface area (TPSA) is 86.3 Å². The molecule has 7 nitrogen and oxygen atoms in total. The number of aromatic hydroxyl groups is 1. The Kier molecular flexibility index (Phi) is 8.18. The first-order valence-corrected chi connectivity index (χ1v) is 10.4. The third-order valence-electron chi connectivity index (χ3n) is 5.01. The maximum atomic E-state index is 12.3. The van der Waals surface area contributed by atoms with Gasteiger partial charge < -0.3 is 29.4 Å². The smallest absolute Gasteiger partial charge is 0.203 e. The highest BCUT2D eigenvalue weighted by Crippen LogP contribution is 2.38. The van der Waals surface area contributed by atoms with Crippen LogP contribution in [0.15, 0.2) is 66.9 Å². The summed E-state index contributed by atoms with van der Waals surface area (Å²) in [6.45, 7) is 0. The van der Waals surface area contributed by atoms with Gasteiger partial charge in [0.1, 0.15) is 0 Å². The van der Waals surface area contributed by atoms with Crippen LogP contribution in [0.25, 0.3) is 12.2 Å². The molecule has 0 spiro atoms. The first-order chi connectivity index (χ1) is 16.5. The van der Waals surface area contributed by atoms with E-state index in [9.17, 15) is 9.90 Å². The summed E-state index contributed by atoms with van der Waals surface area (Å²) in [7, 11) is 6.19. The Hall–Kier alpha value is -4.39. The lowest BCUT2D eigenvalue weighted by molar-refractivity contribution is 0.104. The summed E-state index contributed by atoms with van der Waals surface area (Å²) in [5, 5.41) is 12.9. The first-order valence-electron chi connectivity index (χ1n) is 10.4. The Balaban J connectivity index is 1.63. The summed E-state index contributed by atoms with van der Waals surface area (Å²) in [6.07, 6.45) is 6.89. The van der Waals surface area contributed by atoms with Crippen LogP contribution < -0.4 is 24.3 Å². The fourth-order valence-electron chi connectivity index (χ4n) is 3.23. The Morgan fingerprint density at radius 2 is 1.38 bits per heavy atom. The van der Waals surface area contributed by atoms with Gasteiger partial charge in [-0.1, -0.05) is 24.3 Å². The summed E-state index contributed by atoms with van der Waals surface area (Å²) >= 11 is 0. The van der Waals surface area contributed by atoms with Crippen molar-refractivity contribution in [1.82, 2.24) is 0 Å². The van der Waals surface area contributed by atoms with E-state index in [1.165, 1.54) is 19.3 Å². The molecule has 0 atom stereocenters. The summed E-state index contributed by atoms with van der Waals surface area (Å²) in [6, 6.07) is 16.0. The Morgan fingerprint density at radius 1 is 0.765 bits per heavy atom. The average Bonchev–Trinajstić information content (AvgIpc) is 2.87. The molecule has 176 valence electrons. The largest absolute Gasteiger partial charge is 0.504 e. The molecule has 7 heteroatoms. The van der Waals surface area contributed by atoms with Crippen LogP contribution in [0.4, 0.5) is 5.69 Å². The van der Waals surface area contributed by atoms with E-state index in [0.717, 1.165) is 16.8 Å². The van der Waals surface area contributed by atoms with Crippen LogP contribution in [-0.4, -0.2) is 39.3 Å². The van der Waals surface area contributed by atoms with E-state index in [1.807, 2.05) is 48.6 Å². The third-order valence-corrected chi connectivity index (χ3v) is 5.01. The molecule has 0 amide bonds. The fraction of sp³-hybridized carbons (Fsp3) is 0.148. The van der Waals surface area contributed by atoms with Crippen LogP contribution in [0.1, 0.15) is 21.5 Å². The van der Waals surface area contributed by atoms with Crippen molar-refractivity contribution < 1.29 is 28.8 Å². The monoisotopic (exact) mass is 461 g/mol. The Bertz CT molecular complexity index is 1170. The molecule has 34 heavy (non-hydrogen) atoms. The van der Waals surface area contributed by atoms with Crippen molar-refractivity contribution in [1.29, 1.82) is 0 Å². The van der Waals surface area contributed by atoms with Crippen molar-refractivity contribution in [3.05, 3.63) is 83.6 Å². The molecular weight excluding hydrogens is 434 g/mol. The summed E-state index contributed by atoms with van der Waals surface area (Å²) in [5.41, 5.74) is 3.09.